The van der Waals surface area contributed by atoms with Crippen LogP contribution in [0.25, 0.3) is 0 Å². The number of nitriles is 2. The van der Waals surface area contributed by atoms with Crippen LogP contribution >= 0.6 is 0 Å². The first-order valence-corrected chi connectivity index (χ1v) is 17.8. The van der Waals surface area contributed by atoms with Crippen molar-refractivity contribution in [1.29, 1.82) is 10.5 Å². The van der Waals surface area contributed by atoms with Gasteiger partial charge in [-0.05, 0) is 73.7 Å². The summed E-state index contributed by atoms with van der Waals surface area (Å²) in [6.45, 7) is 15.4. The zero-order valence-electron chi connectivity index (χ0n) is 33.7. The Morgan fingerprint density at radius 1 is 0.772 bits per heavy atom. The molecule has 0 amide bonds. The Morgan fingerprint density at radius 3 is 1.53 bits per heavy atom. The normalized spacial score (nSPS) is 15.2. The summed E-state index contributed by atoms with van der Waals surface area (Å²) in [6, 6.07) is 14.4. The first kappa shape index (κ1) is 51.3. The third-order valence-electron chi connectivity index (χ3n) is 7.97. The fraction of sp³-hybridized carbons (Fsp3) is 0.474. The van der Waals surface area contributed by atoms with Gasteiger partial charge >= 0.3 is 51.0 Å². The predicted octanol–water partition coefficient (Wildman–Crippen LogP) is 3.50. The molecule has 2 N–H and O–H groups in total. The second-order valence-corrected chi connectivity index (χ2v) is 14.7. The van der Waals surface area contributed by atoms with Crippen molar-refractivity contribution >= 4 is 62.2 Å². The molecule has 0 spiro atoms. The molecule has 4 rings (SSSR count). The van der Waals surface area contributed by atoms with Crippen LogP contribution < -0.4 is 5.46 Å². The molecule has 2 fully saturated rings. The molecule has 57 heavy (non-hydrogen) atoms. The number of nitrogens with zero attached hydrogens (tertiary/aromatic N) is 2. The van der Waals surface area contributed by atoms with Gasteiger partial charge in [0.2, 0.25) is 0 Å². The number of ether oxygens (including phenoxy) is 3. The van der Waals surface area contributed by atoms with E-state index in [0.29, 0.717) is 23.9 Å². The van der Waals surface area contributed by atoms with Gasteiger partial charge < -0.3 is 33.6 Å². The van der Waals surface area contributed by atoms with Crippen molar-refractivity contribution in [3.63, 3.8) is 0 Å². The fourth-order valence-corrected chi connectivity index (χ4v) is 4.48. The van der Waals surface area contributed by atoms with Gasteiger partial charge in [-0.15, -0.1) is 0 Å². The number of ketones is 1. The fourth-order valence-electron chi connectivity index (χ4n) is 4.48. The maximum atomic E-state index is 12.0. The molecule has 304 valence electrons. The van der Waals surface area contributed by atoms with Gasteiger partial charge in [-0.25, -0.2) is 0 Å². The molecule has 0 radical (unpaired) electrons. The van der Waals surface area contributed by atoms with Gasteiger partial charge in [-0.3, -0.25) is 24.0 Å². The topological polar surface area (TPSA) is 254 Å². The highest BCUT2D eigenvalue weighted by atomic mass is 16.6. The Labute approximate surface area is 334 Å². The van der Waals surface area contributed by atoms with Crippen LogP contribution in [0.1, 0.15) is 89.2 Å². The lowest BCUT2D eigenvalue weighted by Gasteiger charge is -2.20. The van der Waals surface area contributed by atoms with Crippen molar-refractivity contribution in [2.45, 2.75) is 93.2 Å². The molecule has 2 aromatic carbocycles. The quantitative estimate of drug-likeness (QED) is 0.0969. The summed E-state index contributed by atoms with van der Waals surface area (Å²) in [6.07, 6.45) is 4.60. The number of rotatable bonds is 8. The number of cyclic esters (lactones) is 2. The van der Waals surface area contributed by atoms with Crippen molar-refractivity contribution in [2.24, 2.45) is 10.8 Å². The van der Waals surface area contributed by atoms with E-state index in [9.17, 15) is 24.0 Å². The molecule has 0 saturated carbocycles. The van der Waals surface area contributed by atoms with E-state index >= 15 is 0 Å². The average molecular weight is 790 g/mol. The number of hydrogen-bond donors (Lipinski definition) is 2. The Kier molecular flexibility index (Phi) is 22.9. The number of benzene rings is 2. The Balaban J connectivity index is 0.000000744. The summed E-state index contributed by atoms with van der Waals surface area (Å²) in [7, 11) is -1.35. The number of hydrogen-bond acceptors (Lipinski definition) is 16. The summed E-state index contributed by atoms with van der Waals surface area (Å²) >= 11 is 0. The third kappa shape index (κ3) is 19.6. The highest BCUT2D eigenvalue weighted by Crippen LogP contribution is 2.27. The molecular weight excluding hydrogens is 741 g/mol. The van der Waals surface area contributed by atoms with Gasteiger partial charge in [0.15, 0.2) is 5.78 Å². The van der Waals surface area contributed by atoms with Gasteiger partial charge in [-0.1, -0.05) is 66.6 Å². The van der Waals surface area contributed by atoms with Crippen molar-refractivity contribution in [3.05, 3.63) is 65.2 Å². The molecule has 2 heterocycles. The second-order valence-electron chi connectivity index (χ2n) is 14.7. The molecule has 2 saturated heterocycles. The standard InChI is InChI=1S/C14H14BNO4.C10H18O3.C7H9BO2.C6H8BNO3.CO2/c1-10-2-4-11(5-3-10)13(17)7-6-12-14(18)19-8-15(12)20-9-16;1-9(2,3)7(11)13-8(12)10(4,5)6;1-6-2-4-7(5-3-6)8(9)10;1-2-5-6(9)10-3-7(5)11-4-8;2-1-3/h2-5,12H,6-8H2,1H3;1-6H3;2-5,9-10H,1H3;5H,2-3H2,1H3;. The second kappa shape index (κ2) is 25.4. The van der Waals surface area contributed by atoms with Crippen LogP contribution in [0.15, 0.2) is 48.5 Å². The van der Waals surface area contributed by atoms with Crippen molar-refractivity contribution in [2.75, 3.05) is 13.0 Å². The molecule has 0 aliphatic carbocycles. The van der Waals surface area contributed by atoms with E-state index in [-0.39, 0.29) is 50.1 Å². The maximum Gasteiger partial charge on any atom is 0.488 e. The summed E-state index contributed by atoms with van der Waals surface area (Å²) in [5.74, 6) is -2.44. The van der Waals surface area contributed by atoms with Crippen molar-refractivity contribution < 1.29 is 67.1 Å². The highest BCUT2D eigenvalue weighted by molar-refractivity contribution is 6.61. The van der Waals surface area contributed by atoms with Crippen LogP contribution in [0.3, 0.4) is 0 Å². The van der Waals surface area contributed by atoms with Crippen LogP contribution in [0, 0.1) is 47.7 Å². The van der Waals surface area contributed by atoms with Gasteiger partial charge in [0.05, 0.1) is 22.5 Å². The summed E-state index contributed by atoms with van der Waals surface area (Å²) in [5, 5.41) is 34.0. The monoisotopic (exact) mass is 790 g/mol. The average Bonchev–Trinajstić information content (AvgIpc) is 3.67. The summed E-state index contributed by atoms with van der Waals surface area (Å²) in [4.78, 5) is 73.2. The molecule has 2 unspecified atom stereocenters. The van der Waals surface area contributed by atoms with E-state index < -0.39 is 48.6 Å². The van der Waals surface area contributed by atoms with E-state index in [1.54, 1.807) is 78.3 Å². The Bertz CT molecular complexity index is 1710. The van der Waals surface area contributed by atoms with Gasteiger partial charge in [-0.2, -0.15) is 20.1 Å². The molecule has 2 aliphatic rings. The number of carbonyl (C=O) groups is 5. The van der Waals surface area contributed by atoms with E-state index in [1.165, 1.54) is 0 Å². The van der Waals surface area contributed by atoms with Gasteiger partial charge in [0.1, 0.15) is 13.0 Å². The van der Waals surface area contributed by atoms with Gasteiger partial charge in [0.25, 0.3) is 12.5 Å². The number of aryl methyl sites for hydroxylation is 2. The molecule has 2 aliphatic heterocycles. The Morgan fingerprint density at radius 2 is 1.16 bits per heavy atom. The number of carbonyl (C=O) groups excluding carboxylic acids is 7. The lowest BCUT2D eigenvalue weighted by atomic mass is 9.57. The maximum absolute atomic E-state index is 12.0. The first-order valence-electron chi connectivity index (χ1n) is 17.8. The SMILES string of the molecule is CC(C)(C)C(=O)OC(=O)C(C)(C)C.CCC1B(OC#N)COC1=O.Cc1ccc(B(O)O)cc1.Cc1ccc(C(=O)CCC2B(OC#N)COC2=O)cc1.O=C=O. The molecule has 2 aromatic rings. The number of Topliss-reactive ketones (excluding diaryl/α,β-unsaturated/α-hetero) is 1. The van der Waals surface area contributed by atoms with Crippen LogP contribution in [0.4, 0.5) is 0 Å². The van der Waals surface area contributed by atoms with E-state index in [2.05, 4.69) is 4.65 Å². The van der Waals surface area contributed by atoms with Crippen molar-refractivity contribution in [3.8, 4) is 12.5 Å². The predicted molar refractivity (Wildman–Crippen MR) is 205 cm³/mol. The van der Waals surface area contributed by atoms with E-state index in [0.717, 1.165) is 11.1 Å². The van der Waals surface area contributed by atoms with Gasteiger partial charge in [0, 0.05) is 12.0 Å². The minimum atomic E-state index is -1.35. The molecule has 16 nitrogen and oxygen atoms in total. The molecule has 19 heteroatoms. The van der Waals surface area contributed by atoms with Crippen LogP contribution in [0.5, 0.6) is 0 Å². The zero-order chi connectivity index (χ0) is 43.9. The van der Waals surface area contributed by atoms with Crippen LogP contribution in [-0.2, 0) is 52.3 Å². The lowest BCUT2D eigenvalue weighted by Crippen LogP contribution is -2.31. The zero-order valence-corrected chi connectivity index (χ0v) is 33.7. The van der Waals surface area contributed by atoms with E-state index in [1.807, 2.05) is 45.0 Å². The van der Waals surface area contributed by atoms with Crippen LogP contribution in [-0.4, -0.2) is 79.8 Å². The van der Waals surface area contributed by atoms with Crippen LogP contribution in [0.2, 0.25) is 11.6 Å². The highest BCUT2D eigenvalue weighted by Gasteiger charge is 2.44. The minimum absolute atomic E-state index is 0.0274. The number of esters is 4. The molecule has 0 bridgehead atoms. The lowest BCUT2D eigenvalue weighted by molar-refractivity contribution is -0.192. The molecule has 2 atom stereocenters. The smallest absolute Gasteiger partial charge is 0.488 e. The Hall–Kier alpha value is -5.74. The summed E-state index contributed by atoms with van der Waals surface area (Å²) < 4.78 is 23.7. The first-order chi connectivity index (χ1) is 26.6. The molecule has 0 aromatic heterocycles. The van der Waals surface area contributed by atoms with E-state index in [4.69, 9.17) is 49.0 Å². The van der Waals surface area contributed by atoms with Crippen molar-refractivity contribution in [1.82, 2.24) is 0 Å². The molecular formula is C38H49B3N2O14. The minimum Gasteiger partial charge on any atom is -0.493 e. The largest absolute Gasteiger partial charge is 0.493 e. The third-order valence-corrected chi connectivity index (χ3v) is 7.97. The summed E-state index contributed by atoms with van der Waals surface area (Å²) in [5.41, 5.74) is 2.11.